The molecule has 130 valence electrons. The first-order valence-electron chi connectivity index (χ1n) is 6.31. The molecule has 0 fully saturated rings. The second-order valence-electron chi connectivity index (χ2n) is 4.70. The van der Waals surface area contributed by atoms with Crippen LogP contribution in [0.3, 0.4) is 0 Å². The lowest BCUT2D eigenvalue weighted by Gasteiger charge is -2.23. The van der Waals surface area contributed by atoms with Crippen molar-refractivity contribution < 1.29 is 39.9 Å². The fourth-order valence-corrected chi connectivity index (χ4v) is 1.91. The quantitative estimate of drug-likeness (QED) is 0.471. The summed E-state index contributed by atoms with van der Waals surface area (Å²) in [5, 5.41) is 0. The zero-order chi connectivity index (χ0) is 18.1. The number of amides is 1. The third-order valence-electron chi connectivity index (χ3n) is 2.92. The Bertz CT molecular complexity index is 741. The van der Waals surface area contributed by atoms with Crippen molar-refractivity contribution in [1.82, 2.24) is 4.90 Å². The summed E-state index contributed by atoms with van der Waals surface area (Å²) in [5.74, 6) is -10.2. The van der Waals surface area contributed by atoms with E-state index in [9.17, 15) is 35.5 Å². The molecule has 1 amide bonds. The average molecular weight is 355 g/mol. The number of carbonyl (C=O) groups excluding carboxylic acids is 1. The van der Waals surface area contributed by atoms with Gasteiger partial charge in [0.15, 0.2) is 23.3 Å². The molecule has 24 heavy (non-hydrogen) atoms. The van der Waals surface area contributed by atoms with Crippen LogP contribution in [-0.4, -0.2) is 23.5 Å². The van der Waals surface area contributed by atoms with E-state index >= 15 is 0 Å². The molecule has 0 aliphatic carbocycles. The van der Waals surface area contributed by atoms with Crippen molar-refractivity contribution in [2.24, 2.45) is 0 Å². The third-order valence-corrected chi connectivity index (χ3v) is 2.92. The van der Waals surface area contributed by atoms with Crippen LogP contribution in [0.15, 0.2) is 28.9 Å². The number of rotatable bonds is 4. The number of alkyl halides is 3. The van der Waals surface area contributed by atoms with Crippen molar-refractivity contribution in [2.75, 3.05) is 6.54 Å². The van der Waals surface area contributed by atoms with Crippen LogP contribution in [0.2, 0.25) is 0 Å². The molecule has 0 bridgehead atoms. The van der Waals surface area contributed by atoms with Crippen LogP contribution < -0.4 is 0 Å². The zero-order valence-corrected chi connectivity index (χ0v) is 11.6. The van der Waals surface area contributed by atoms with E-state index < -0.39 is 54.0 Å². The second-order valence-corrected chi connectivity index (χ2v) is 4.70. The molecule has 0 atom stereocenters. The standard InChI is InChI=1S/C14H8F7NO2/c15-9-4-8(10(16)12(18)11(9)17)13(23)22(6-14(19,20)21)5-7-2-1-3-24-7/h1-4H,5-6H2. The lowest BCUT2D eigenvalue weighted by Crippen LogP contribution is -2.39. The van der Waals surface area contributed by atoms with Crippen molar-refractivity contribution in [3.8, 4) is 0 Å². The van der Waals surface area contributed by atoms with Gasteiger partial charge in [-0.1, -0.05) is 0 Å². The number of carbonyl (C=O) groups is 1. The summed E-state index contributed by atoms with van der Waals surface area (Å²) in [7, 11) is 0. The van der Waals surface area contributed by atoms with Crippen molar-refractivity contribution in [3.05, 3.63) is 59.1 Å². The number of furan rings is 1. The summed E-state index contributed by atoms with van der Waals surface area (Å²) in [6.07, 6.45) is -3.74. The molecule has 0 unspecified atom stereocenters. The Morgan fingerprint density at radius 1 is 1.08 bits per heavy atom. The second kappa shape index (κ2) is 6.54. The number of hydrogen-bond acceptors (Lipinski definition) is 2. The summed E-state index contributed by atoms with van der Waals surface area (Å²) in [6, 6.07) is 2.59. The van der Waals surface area contributed by atoms with E-state index in [1.54, 1.807) is 0 Å². The van der Waals surface area contributed by atoms with Crippen molar-refractivity contribution in [3.63, 3.8) is 0 Å². The predicted octanol–water partition coefficient (Wildman–Crippen LogP) is 4.04. The molecule has 0 saturated heterocycles. The molecule has 2 rings (SSSR count). The van der Waals surface area contributed by atoms with Crippen LogP contribution in [0.25, 0.3) is 0 Å². The Hall–Kier alpha value is -2.52. The van der Waals surface area contributed by atoms with Gasteiger partial charge in [0.2, 0.25) is 0 Å². The van der Waals surface area contributed by atoms with E-state index in [4.69, 9.17) is 4.42 Å². The molecule has 3 nitrogen and oxygen atoms in total. The van der Waals surface area contributed by atoms with E-state index in [1.807, 2.05) is 0 Å². The maximum atomic E-state index is 13.6. The molecular weight excluding hydrogens is 347 g/mol. The van der Waals surface area contributed by atoms with Gasteiger partial charge < -0.3 is 9.32 Å². The summed E-state index contributed by atoms with van der Waals surface area (Å²) in [5.41, 5.74) is -1.36. The van der Waals surface area contributed by atoms with Crippen LogP contribution in [-0.2, 0) is 6.54 Å². The smallest absolute Gasteiger partial charge is 0.406 e. The highest BCUT2D eigenvalue weighted by Gasteiger charge is 2.35. The van der Waals surface area contributed by atoms with Gasteiger partial charge in [-0.05, 0) is 18.2 Å². The molecule has 0 saturated carbocycles. The largest absolute Gasteiger partial charge is 0.467 e. The van der Waals surface area contributed by atoms with Gasteiger partial charge in [0.05, 0.1) is 18.4 Å². The summed E-state index contributed by atoms with van der Waals surface area (Å²) < 4.78 is 95.5. The van der Waals surface area contributed by atoms with E-state index in [1.165, 1.54) is 12.1 Å². The topological polar surface area (TPSA) is 33.5 Å². The van der Waals surface area contributed by atoms with Crippen molar-refractivity contribution in [1.29, 1.82) is 0 Å². The molecule has 0 N–H and O–H groups in total. The maximum absolute atomic E-state index is 13.6. The monoisotopic (exact) mass is 355 g/mol. The normalized spacial score (nSPS) is 11.6. The molecule has 0 radical (unpaired) electrons. The van der Waals surface area contributed by atoms with E-state index in [-0.39, 0.29) is 16.7 Å². The first kappa shape index (κ1) is 17.8. The molecule has 0 aliphatic rings. The predicted molar refractivity (Wildman–Crippen MR) is 65.8 cm³/mol. The number of nitrogens with zero attached hydrogens (tertiary/aromatic N) is 1. The molecule has 1 heterocycles. The Morgan fingerprint density at radius 3 is 2.29 bits per heavy atom. The lowest BCUT2D eigenvalue weighted by molar-refractivity contribution is -0.142. The lowest BCUT2D eigenvalue weighted by atomic mass is 10.1. The fourth-order valence-electron chi connectivity index (χ4n) is 1.91. The van der Waals surface area contributed by atoms with Crippen LogP contribution >= 0.6 is 0 Å². The minimum atomic E-state index is -4.87. The molecule has 2 aromatic rings. The fraction of sp³-hybridized carbons (Fsp3) is 0.214. The van der Waals surface area contributed by atoms with Gasteiger partial charge in [-0.2, -0.15) is 13.2 Å². The highest BCUT2D eigenvalue weighted by Crippen LogP contribution is 2.24. The van der Waals surface area contributed by atoms with Crippen molar-refractivity contribution >= 4 is 5.91 Å². The minimum Gasteiger partial charge on any atom is -0.467 e. The number of benzene rings is 1. The highest BCUT2D eigenvalue weighted by molar-refractivity contribution is 5.94. The summed E-state index contributed by atoms with van der Waals surface area (Å²) in [4.78, 5) is 12.2. The van der Waals surface area contributed by atoms with Gasteiger partial charge in [-0.3, -0.25) is 4.79 Å². The Labute approximate surface area is 130 Å². The van der Waals surface area contributed by atoms with Gasteiger partial charge in [0, 0.05) is 0 Å². The Kier molecular flexibility index (Phi) is 4.86. The molecule has 1 aromatic carbocycles. The summed E-state index contributed by atoms with van der Waals surface area (Å²) in [6.45, 7) is -2.56. The number of hydrogen-bond donors (Lipinski definition) is 0. The van der Waals surface area contributed by atoms with Crippen LogP contribution in [0, 0.1) is 23.3 Å². The first-order valence-corrected chi connectivity index (χ1v) is 6.31. The SMILES string of the molecule is O=C(c1cc(F)c(F)c(F)c1F)N(Cc1ccco1)CC(F)(F)F. The molecule has 0 spiro atoms. The highest BCUT2D eigenvalue weighted by atomic mass is 19.4. The molecular formula is C14H8F7NO2. The molecule has 1 aromatic heterocycles. The van der Waals surface area contributed by atoms with Crippen LogP contribution in [0.4, 0.5) is 30.7 Å². The van der Waals surface area contributed by atoms with Gasteiger partial charge in [0.1, 0.15) is 12.3 Å². The van der Waals surface area contributed by atoms with Crippen LogP contribution in [0.5, 0.6) is 0 Å². The van der Waals surface area contributed by atoms with Gasteiger partial charge in [0.25, 0.3) is 5.91 Å². The van der Waals surface area contributed by atoms with Crippen LogP contribution in [0.1, 0.15) is 16.1 Å². The summed E-state index contributed by atoms with van der Waals surface area (Å²) >= 11 is 0. The minimum absolute atomic E-state index is 0.00158. The third kappa shape index (κ3) is 3.87. The zero-order valence-electron chi connectivity index (χ0n) is 11.6. The molecule has 0 aliphatic heterocycles. The first-order chi connectivity index (χ1) is 11.1. The van der Waals surface area contributed by atoms with E-state index in [0.29, 0.717) is 0 Å². The Balaban J connectivity index is 2.40. The van der Waals surface area contributed by atoms with Gasteiger partial charge >= 0.3 is 6.18 Å². The van der Waals surface area contributed by atoms with Gasteiger partial charge in [-0.25, -0.2) is 17.6 Å². The number of halogens is 7. The van der Waals surface area contributed by atoms with E-state index in [0.717, 1.165) is 6.26 Å². The molecule has 10 heteroatoms. The van der Waals surface area contributed by atoms with Crippen molar-refractivity contribution in [2.45, 2.75) is 12.7 Å². The average Bonchev–Trinajstić information content (AvgIpc) is 2.99. The maximum Gasteiger partial charge on any atom is 0.406 e. The van der Waals surface area contributed by atoms with Gasteiger partial charge in [-0.15, -0.1) is 0 Å². The Morgan fingerprint density at radius 2 is 1.75 bits per heavy atom. The van der Waals surface area contributed by atoms with E-state index in [2.05, 4.69) is 0 Å².